The van der Waals surface area contributed by atoms with Crippen LogP contribution in [0.3, 0.4) is 0 Å². The van der Waals surface area contributed by atoms with E-state index in [2.05, 4.69) is 59.4 Å². The van der Waals surface area contributed by atoms with Gasteiger partial charge in [-0.15, -0.1) is 0 Å². The standard InChI is InChI=1S/C29H29N3O2/c1-4-34-24-16-14-22(15-17-24)28-27-13-8-18-31(27)26-12-6-5-10-23(26)19-32(28)29(33)30-25-11-7-9-20(2)21(25)3/h5-18,28H,4,19H2,1-3H3,(H,30,33)/t28-/m0/s1. The number of fused-ring (bicyclic) bond motifs is 3. The molecule has 4 aromatic rings. The molecule has 2 heterocycles. The number of nitrogens with zero attached hydrogens (tertiary/aromatic N) is 2. The number of hydrogen-bond donors (Lipinski definition) is 1. The van der Waals surface area contributed by atoms with Gasteiger partial charge in [0, 0.05) is 17.6 Å². The second-order valence-electron chi connectivity index (χ2n) is 8.64. The molecule has 0 radical (unpaired) electrons. The Morgan fingerprint density at radius 1 is 0.971 bits per heavy atom. The molecule has 5 nitrogen and oxygen atoms in total. The van der Waals surface area contributed by atoms with E-state index < -0.39 is 0 Å². The predicted octanol–water partition coefficient (Wildman–Crippen LogP) is 6.63. The normalized spacial score (nSPS) is 14.7. The fraction of sp³-hybridized carbons (Fsp3) is 0.207. The summed E-state index contributed by atoms with van der Waals surface area (Å²) < 4.78 is 7.85. The first-order chi connectivity index (χ1) is 16.6. The van der Waals surface area contributed by atoms with Crippen LogP contribution in [0.2, 0.25) is 0 Å². The number of amides is 2. The molecule has 1 aliphatic rings. The minimum Gasteiger partial charge on any atom is -0.494 e. The molecule has 0 unspecified atom stereocenters. The highest BCUT2D eigenvalue weighted by molar-refractivity contribution is 5.91. The number of hydrogen-bond acceptors (Lipinski definition) is 2. The summed E-state index contributed by atoms with van der Waals surface area (Å²) in [5, 5.41) is 3.19. The van der Waals surface area contributed by atoms with E-state index >= 15 is 0 Å². The van der Waals surface area contributed by atoms with Crippen molar-refractivity contribution in [1.82, 2.24) is 9.47 Å². The minimum absolute atomic E-state index is 0.128. The maximum Gasteiger partial charge on any atom is 0.322 e. The molecule has 0 saturated carbocycles. The molecule has 34 heavy (non-hydrogen) atoms. The van der Waals surface area contributed by atoms with Gasteiger partial charge in [-0.25, -0.2) is 4.79 Å². The molecule has 172 valence electrons. The van der Waals surface area contributed by atoms with E-state index in [4.69, 9.17) is 4.74 Å². The summed E-state index contributed by atoms with van der Waals surface area (Å²) >= 11 is 0. The quantitative estimate of drug-likeness (QED) is 0.378. The molecule has 2 amide bonds. The van der Waals surface area contributed by atoms with Crippen molar-refractivity contribution >= 4 is 11.7 Å². The summed E-state index contributed by atoms with van der Waals surface area (Å²) in [5.74, 6) is 0.824. The lowest BCUT2D eigenvalue weighted by Crippen LogP contribution is -2.38. The molecule has 0 bridgehead atoms. The first kappa shape index (κ1) is 21.8. The molecule has 1 aliphatic heterocycles. The molecule has 1 atom stereocenters. The number of carbonyl (C=O) groups excluding carboxylic acids is 1. The van der Waals surface area contributed by atoms with Crippen LogP contribution in [0.15, 0.2) is 85.1 Å². The Balaban J connectivity index is 1.61. The van der Waals surface area contributed by atoms with Gasteiger partial charge in [-0.3, -0.25) is 0 Å². The lowest BCUT2D eigenvalue weighted by molar-refractivity contribution is 0.194. The van der Waals surface area contributed by atoms with Gasteiger partial charge in [-0.05, 0) is 79.4 Å². The van der Waals surface area contributed by atoms with Crippen molar-refractivity contribution < 1.29 is 9.53 Å². The Bertz CT molecular complexity index is 1320. The molecule has 3 aromatic carbocycles. The van der Waals surface area contributed by atoms with Gasteiger partial charge in [0.25, 0.3) is 0 Å². The molecular formula is C29H29N3O2. The van der Waals surface area contributed by atoms with Crippen LogP contribution in [-0.4, -0.2) is 22.1 Å². The zero-order valence-electron chi connectivity index (χ0n) is 19.8. The fourth-order valence-corrected chi connectivity index (χ4v) is 4.68. The maximum absolute atomic E-state index is 13.9. The van der Waals surface area contributed by atoms with Crippen molar-refractivity contribution in [1.29, 1.82) is 0 Å². The molecule has 0 fully saturated rings. The number of anilines is 1. The molecule has 0 saturated heterocycles. The second kappa shape index (κ2) is 9.10. The average molecular weight is 452 g/mol. The number of ether oxygens (including phenoxy) is 1. The number of carbonyl (C=O) groups is 1. The number of nitrogens with one attached hydrogen (secondary N) is 1. The van der Waals surface area contributed by atoms with Crippen LogP contribution in [-0.2, 0) is 6.54 Å². The first-order valence-electron chi connectivity index (χ1n) is 11.7. The first-order valence-corrected chi connectivity index (χ1v) is 11.7. The van der Waals surface area contributed by atoms with Crippen molar-refractivity contribution in [3.05, 3.63) is 113 Å². The molecule has 1 N–H and O–H groups in total. The molecular weight excluding hydrogens is 422 g/mol. The third kappa shape index (κ3) is 3.94. The Hall–Kier alpha value is -3.99. The van der Waals surface area contributed by atoms with E-state index in [1.165, 1.54) is 0 Å². The highest BCUT2D eigenvalue weighted by Gasteiger charge is 2.33. The topological polar surface area (TPSA) is 46.5 Å². The average Bonchev–Trinajstić information content (AvgIpc) is 3.27. The highest BCUT2D eigenvalue weighted by atomic mass is 16.5. The van der Waals surface area contributed by atoms with Crippen LogP contribution in [0.1, 0.15) is 40.9 Å². The summed E-state index contributed by atoms with van der Waals surface area (Å²) in [6.07, 6.45) is 2.07. The second-order valence-corrected chi connectivity index (χ2v) is 8.64. The largest absolute Gasteiger partial charge is 0.494 e. The van der Waals surface area contributed by atoms with Crippen LogP contribution in [0.5, 0.6) is 5.75 Å². The number of benzene rings is 3. The van der Waals surface area contributed by atoms with Gasteiger partial charge in [0.2, 0.25) is 0 Å². The van der Waals surface area contributed by atoms with E-state index in [0.29, 0.717) is 13.2 Å². The lowest BCUT2D eigenvalue weighted by atomic mass is 10.0. The maximum atomic E-state index is 13.9. The SMILES string of the molecule is CCOc1ccc([C@H]2c3cccn3-c3ccccc3CN2C(=O)Nc2cccc(C)c2C)cc1. The van der Waals surface area contributed by atoms with Gasteiger partial charge in [0.05, 0.1) is 24.9 Å². The zero-order valence-corrected chi connectivity index (χ0v) is 19.8. The van der Waals surface area contributed by atoms with E-state index in [-0.39, 0.29) is 12.1 Å². The van der Waals surface area contributed by atoms with Crippen LogP contribution in [0.25, 0.3) is 5.69 Å². The van der Waals surface area contributed by atoms with E-state index in [1.54, 1.807) is 0 Å². The third-order valence-corrected chi connectivity index (χ3v) is 6.58. The summed E-state index contributed by atoms with van der Waals surface area (Å²) in [5.41, 5.74) is 7.34. The molecule has 0 aliphatic carbocycles. The Labute approximate surface area is 200 Å². The summed E-state index contributed by atoms with van der Waals surface area (Å²) in [7, 11) is 0. The summed E-state index contributed by atoms with van der Waals surface area (Å²) in [6.45, 7) is 7.18. The molecule has 0 spiro atoms. The molecule has 5 heteroatoms. The highest BCUT2D eigenvalue weighted by Crippen LogP contribution is 2.37. The van der Waals surface area contributed by atoms with Crippen LogP contribution in [0, 0.1) is 13.8 Å². The Morgan fingerprint density at radius 3 is 2.56 bits per heavy atom. The van der Waals surface area contributed by atoms with E-state index in [9.17, 15) is 4.79 Å². The summed E-state index contributed by atoms with van der Waals surface area (Å²) in [6, 6.07) is 26.1. The van der Waals surface area contributed by atoms with Gasteiger partial charge >= 0.3 is 6.03 Å². The fourth-order valence-electron chi connectivity index (χ4n) is 4.68. The Morgan fingerprint density at radius 2 is 1.76 bits per heavy atom. The van der Waals surface area contributed by atoms with Crippen molar-refractivity contribution in [2.45, 2.75) is 33.4 Å². The molecule has 1 aromatic heterocycles. The van der Waals surface area contributed by atoms with Crippen molar-refractivity contribution in [2.24, 2.45) is 0 Å². The van der Waals surface area contributed by atoms with Gasteiger partial charge in [0.15, 0.2) is 0 Å². The number of aryl methyl sites for hydroxylation is 1. The lowest BCUT2D eigenvalue weighted by Gasteiger charge is -2.31. The van der Waals surface area contributed by atoms with Crippen LogP contribution in [0.4, 0.5) is 10.5 Å². The van der Waals surface area contributed by atoms with Gasteiger partial charge in [0.1, 0.15) is 5.75 Å². The third-order valence-electron chi connectivity index (χ3n) is 6.58. The van der Waals surface area contributed by atoms with Gasteiger partial charge in [-0.2, -0.15) is 0 Å². The number of rotatable bonds is 4. The number of para-hydroxylation sites is 1. The van der Waals surface area contributed by atoms with Crippen molar-refractivity contribution in [3.8, 4) is 11.4 Å². The Kier molecular flexibility index (Phi) is 5.84. The minimum atomic E-state index is -0.261. The monoisotopic (exact) mass is 451 g/mol. The summed E-state index contributed by atoms with van der Waals surface area (Å²) in [4.78, 5) is 15.8. The van der Waals surface area contributed by atoms with E-state index in [1.807, 2.05) is 61.2 Å². The zero-order chi connectivity index (χ0) is 23.7. The van der Waals surface area contributed by atoms with E-state index in [0.717, 1.165) is 45.1 Å². The van der Waals surface area contributed by atoms with Crippen molar-refractivity contribution in [3.63, 3.8) is 0 Å². The van der Waals surface area contributed by atoms with Crippen LogP contribution >= 0.6 is 0 Å². The number of aromatic nitrogens is 1. The molecule has 5 rings (SSSR count). The van der Waals surface area contributed by atoms with Crippen LogP contribution < -0.4 is 10.1 Å². The smallest absolute Gasteiger partial charge is 0.322 e. The number of urea groups is 1. The van der Waals surface area contributed by atoms with Gasteiger partial charge in [-0.1, -0.05) is 42.5 Å². The van der Waals surface area contributed by atoms with Crippen molar-refractivity contribution in [2.75, 3.05) is 11.9 Å². The predicted molar refractivity (Wildman–Crippen MR) is 136 cm³/mol. The van der Waals surface area contributed by atoms with Gasteiger partial charge < -0.3 is 19.5 Å².